The van der Waals surface area contributed by atoms with Crippen LogP contribution < -0.4 is 11.1 Å². The van der Waals surface area contributed by atoms with E-state index in [1.807, 2.05) is 32.0 Å². The molecule has 3 rings (SSSR count). The number of aryl methyl sites for hydroxylation is 2. The Morgan fingerprint density at radius 1 is 1.12 bits per heavy atom. The van der Waals surface area contributed by atoms with E-state index in [0.29, 0.717) is 5.56 Å². The van der Waals surface area contributed by atoms with E-state index in [9.17, 15) is 9.59 Å². The number of hydrogen-bond donors (Lipinski definition) is 2. The third-order valence-corrected chi connectivity index (χ3v) is 4.34. The molecule has 128 valence electrons. The number of furan rings is 1. The Kier molecular flexibility index (Phi) is 4.57. The molecule has 1 unspecified atom stereocenters. The summed E-state index contributed by atoms with van der Waals surface area (Å²) in [7, 11) is 0. The molecule has 3 N–H and O–H groups in total. The van der Waals surface area contributed by atoms with E-state index in [1.54, 1.807) is 30.5 Å². The Morgan fingerprint density at radius 3 is 2.48 bits per heavy atom. The molecule has 5 nitrogen and oxygen atoms in total. The van der Waals surface area contributed by atoms with Crippen molar-refractivity contribution in [2.24, 2.45) is 5.73 Å². The van der Waals surface area contributed by atoms with E-state index in [0.717, 1.165) is 27.7 Å². The van der Waals surface area contributed by atoms with Gasteiger partial charge in [0.1, 0.15) is 11.6 Å². The molecule has 2 amide bonds. The van der Waals surface area contributed by atoms with Crippen molar-refractivity contribution in [3.8, 4) is 0 Å². The van der Waals surface area contributed by atoms with Gasteiger partial charge in [-0.15, -0.1) is 0 Å². The van der Waals surface area contributed by atoms with Crippen LogP contribution in [-0.4, -0.2) is 11.8 Å². The van der Waals surface area contributed by atoms with E-state index >= 15 is 0 Å². The van der Waals surface area contributed by atoms with Gasteiger partial charge in [0.15, 0.2) is 0 Å². The van der Waals surface area contributed by atoms with E-state index in [1.165, 1.54) is 0 Å². The number of fused-ring (bicyclic) bond motifs is 1. The zero-order valence-electron chi connectivity index (χ0n) is 14.2. The molecule has 0 spiro atoms. The second-order valence-electron chi connectivity index (χ2n) is 6.18. The molecule has 0 radical (unpaired) electrons. The third-order valence-electron chi connectivity index (χ3n) is 4.34. The van der Waals surface area contributed by atoms with Gasteiger partial charge < -0.3 is 15.5 Å². The fourth-order valence-electron chi connectivity index (χ4n) is 2.82. The normalized spacial score (nSPS) is 12.1. The van der Waals surface area contributed by atoms with Gasteiger partial charge in [-0.3, -0.25) is 9.59 Å². The monoisotopic (exact) mass is 336 g/mol. The second-order valence-corrected chi connectivity index (χ2v) is 6.18. The first-order valence-electron chi connectivity index (χ1n) is 8.06. The number of benzene rings is 2. The van der Waals surface area contributed by atoms with Crippen LogP contribution in [0, 0.1) is 13.8 Å². The molecule has 0 aliphatic rings. The SMILES string of the molecule is Cc1cc2occ(CC(=O)NC(C(N)=O)c3ccccc3)c2cc1C. The van der Waals surface area contributed by atoms with Crippen LogP contribution in [0.5, 0.6) is 0 Å². The fraction of sp³-hybridized carbons (Fsp3) is 0.200. The highest BCUT2D eigenvalue weighted by atomic mass is 16.3. The first-order valence-corrected chi connectivity index (χ1v) is 8.06. The lowest BCUT2D eigenvalue weighted by Crippen LogP contribution is -2.38. The maximum Gasteiger partial charge on any atom is 0.244 e. The van der Waals surface area contributed by atoms with Crippen LogP contribution in [0.25, 0.3) is 11.0 Å². The average Bonchev–Trinajstić information content (AvgIpc) is 2.95. The standard InChI is InChI=1S/C20H20N2O3/c1-12-8-16-15(11-25-17(16)9-13(12)2)10-18(23)22-19(20(21)24)14-6-4-3-5-7-14/h3-9,11,19H,10H2,1-2H3,(H2,21,24)(H,22,23). The van der Waals surface area contributed by atoms with Crippen molar-refractivity contribution in [2.45, 2.75) is 26.3 Å². The van der Waals surface area contributed by atoms with E-state index in [4.69, 9.17) is 10.2 Å². The molecular weight excluding hydrogens is 316 g/mol. The van der Waals surface area contributed by atoms with Crippen LogP contribution in [0.4, 0.5) is 0 Å². The first kappa shape index (κ1) is 16.8. The Labute approximate surface area is 145 Å². The van der Waals surface area contributed by atoms with Gasteiger partial charge >= 0.3 is 0 Å². The zero-order valence-corrected chi connectivity index (χ0v) is 14.2. The smallest absolute Gasteiger partial charge is 0.244 e. The van der Waals surface area contributed by atoms with Gasteiger partial charge in [0.05, 0.1) is 12.7 Å². The summed E-state index contributed by atoms with van der Waals surface area (Å²) in [4.78, 5) is 24.2. The molecule has 0 bridgehead atoms. The molecule has 0 aliphatic heterocycles. The summed E-state index contributed by atoms with van der Waals surface area (Å²) in [5.74, 6) is -0.878. The number of amides is 2. The summed E-state index contributed by atoms with van der Waals surface area (Å²) in [6.07, 6.45) is 1.71. The summed E-state index contributed by atoms with van der Waals surface area (Å²) in [6, 6.07) is 12.1. The van der Waals surface area contributed by atoms with Gasteiger partial charge in [0, 0.05) is 10.9 Å². The van der Waals surface area contributed by atoms with Gasteiger partial charge in [-0.2, -0.15) is 0 Å². The molecule has 1 heterocycles. The minimum atomic E-state index is -0.851. The van der Waals surface area contributed by atoms with Crippen molar-refractivity contribution in [2.75, 3.05) is 0 Å². The average molecular weight is 336 g/mol. The Hall–Kier alpha value is -3.08. The number of nitrogens with one attached hydrogen (secondary N) is 1. The maximum atomic E-state index is 12.4. The summed E-state index contributed by atoms with van der Waals surface area (Å²) in [5.41, 5.74) is 9.91. The predicted molar refractivity (Wildman–Crippen MR) is 95.9 cm³/mol. The molecule has 1 aromatic heterocycles. The number of carbonyl (C=O) groups is 2. The van der Waals surface area contributed by atoms with Crippen molar-refractivity contribution >= 4 is 22.8 Å². The molecule has 3 aromatic rings. The molecule has 0 saturated carbocycles. The van der Waals surface area contributed by atoms with Crippen LogP contribution >= 0.6 is 0 Å². The van der Waals surface area contributed by atoms with Gasteiger partial charge in [0.2, 0.25) is 11.8 Å². The zero-order chi connectivity index (χ0) is 18.0. The van der Waals surface area contributed by atoms with Gasteiger partial charge in [-0.25, -0.2) is 0 Å². The molecule has 25 heavy (non-hydrogen) atoms. The second kappa shape index (κ2) is 6.81. The van der Waals surface area contributed by atoms with Crippen molar-refractivity contribution in [3.63, 3.8) is 0 Å². The third kappa shape index (κ3) is 3.55. The largest absolute Gasteiger partial charge is 0.464 e. The highest BCUT2D eigenvalue weighted by Gasteiger charge is 2.21. The van der Waals surface area contributed by atoms with Crippen LogP contribution in [0.3, 0.4) is 0 Å². The molecule has 2 aromatic carbocycles. The van der Waals surface area contributed by atoms with Crippen LogP contribution in [0.1, 0.15) is 28.3 Å². The Morgan fingerprint density at radius 2 is 1.80 bits per heavy atom. The molecule has 5 heteroatoms. The quantitative estimate of drug-likeness (QED) is 0.751. The fourth-order valence-corrected chi connectivity index (χ4v) is 2.82. The molecule has 0 saturated heterocycles. The van der Waals surface area contributed by atoms with Crippen molar-refractivity contribution < 1.29 is 14.0 Å². The summed E-state index contributed by atoms with van der Waals surface area (Å²) < 4.78 is 5.55. The maximum absolute atomic E-state index is 12.4. The van der Waals surface area contributed by atoms with Crippen LogP contribution in [0.15, 0.2) is 53.1 Å². The summed E-state index contributed by atoms with van der Waals surface area (Å²) >= 11 is 0. The number of primary amides is 1. The lowest BCUT2D eigenvalue weighted by atomic mass is 10.0. The van der Waals surface area contributed by atoms with E-state index < -0.39 is 11.9 Å². The number of rotatable bonds is 5. The minimum Gasteiger partial charge on any atom is -0.464 e. The van der Waals surface area contributed by atoms with Gasteiger partial charge in [-0.1, -0.05) is 30.3 Å². The highest BCUT2D eigenvalue weighted by Crippen LogP contribution is 2.25. The lowest BCUT2D eigenvalue weighted by Gasteiger charge is -2.15. The van der Waals surface area contributed by atoms with Crippen molar-refractivity contribution in [1.29, 1.82) is 0 Å². The van der Waals surface area contributed by atoms with Gasteiger partial charge in [-0.05, 0) is 42.7 Å². The van der Waals surface area contributed by atoms with Gasteiger partial charge in [0.25, 0.3) is 0 Å². The van der Waals surface area contributed by atoms with Crippen LogP contribution in [-0.2, 0) is 16.0 Å². The molecular formula is C20H20N2O3. The molecule has 0 aliphatic carbocycles. The van der Waals surface area contributed by atoms with E-state index in [2.05, 4.69) is 5.32 Å². The number of hydrogen-bond acceptors (Lipinski definition) is 3. The van der Waals surface area contributed by atoms with Crippen molar-refractivity contribution in [1.82, 2.24) is 5.32 Å². The summed E-state index contributed by atoms with van der Waals surface area (Å²) in [6.45, 7) is 4.03. The molecule has 1 atom stereocenters. The van der Waals surface area contributed by atoms with E-state index in [-0.39, 0.29) is 12.3 Å². The summed E-state index contributed by atoms with van der Waals surface area (Å²) in [5, 5.41) is 3.62. The number of carbonyl (C=O) groups excluding carboxylic acids is 2. The Bertz CT molecular complexity index is 929. The predicted octanol–water partition coefficient (Wildman–Crippen LogP) is 2.93. The first-order chi connectivity index (χ1) is 12.0. The molecule has 0 fully saturated rings. The topological polar surface area (TPSA) is 85.3 Å². The Balaban J connectivity index is 1.80. The number of nitrogens with two attached hydrogens (primary N) is 1. The van der Waals surface area contributed by atoms with Crippen LogP contribution in [0.2, 0.25) is 0 Å². The lowest BCUT2D eigenvalue weighted by molar-refractivity contribution is -0.127. The van der Waals surface area contributed by atoms with Crippen molar-refractivity contribution in [3.05, 3.63) is 71.0 Å². The minimum absolute atomic E-state index is 0.117. The highest BCUT2D eigenvalue weighted by molar-refractivity contribution is 5.91.